The summed E-state index contributed by atoms with van der Waals surface area (Å²) in [6, 6.07) is 13.7. The summed E-state index contributed by atoms with van der Waals surface area (Å²) in [5.74, 6) is -0.394. The van der Waals surface area contributed by atoms with Crippen molar-refractivity contribution in [2.24, 2.45) is 5.73 Å². The van der Waals surface area contributed by atoms with Crippen molar-refractivity contribution < 1.29 is 4.79 Å². The van der Waals surface area contributed by atoms with Gasteiger partial charge in [-0.3, -0.25) is 10.2 Å². The van der Waals surface area contributed by atoms with E-state index >= 15 is 0 Å². The number of rotatable bonds is 5. The van der Waals surface area contributed by atoms with Gasteiger partial charge in [0.05, 0.1) is 15.6 Å². The Morgan fingerprint density at radius 1 is 1.19 bits per heavy atom. The molecule has 9 heteroatoms. The molecule has 0 unspecified atom stereocenters. The second kappa shape index (κ2) is 8.66. The lowest BCUT2D eigenvalue weighted by Crippen LogP contribution is -2.20. The molecule has 1 amide bonds. The largest absolute Gasteiger partial charge is 0.370 e. The SMILES string of the molecule is CCc1ccc2c(Cl)c(C(=O)Nc3cccc(-c4sc(NC(=N)N)nc4C)c3)sc2c1. The van der Waals surface area contributed by atoms with Crippen LogP contribution in [-0.4, -0.2) is 16.9 Å². The zero-order valence-corrected chi connectivity index (χ0v) is 19.3. The molecule has 0 saturated carbocycles. The van der Waals surface area contributed by atoms with Crippen molar-refractivity contribution in [1.82, 2.24) is 4.98 Å². The number of aryl methyl sites for hydroxylation is 2. The number of hydrogen-bond acceptors (Lipinski definition) is 5. The van der Waals surface area contributed by atoms with Gasteiger partial charge in [-0.1, -0.05) is 54.1 Å². The summed E-state index contributed by atoms with van der Waals surface area (Å²) in [5.41, 5.74) is 9.00. The van der Waals surface area contributed by atoms with Crippen LogP contribution in [0.5, 0.6) is 0 Å². The minimum atomic E-state index is -0.235. The van der Waals surface area contributed by atoms with Crippen molar-refractivity contribution in [3.8, 4) is 10.4 Å². The number of aromatic nitrogens is 1. The van der Waals surface area contributed by atoms with Gasteiger partial charge in [0.1, 0.15) is 4.88 Å². The summed E-state index contributed by atoms with van der Waals surface area (Å²) in [5, 5.41) is 15.0. The average molecular weight is 470 g/mol. The van der Waals surface area contributed by atoms with E-state index in [0.29, 0.717) is 20.7 Å². The van der Waals surface area contributed by atoms with Crippen molar-refractivity contribution in [3.63, 3.8) is 0 Å². The Hall–Kier alpha value is -2.94. The van der Waals surface area contributed by atoms with Gasteiger partial charge in [-0.05, 0) is 42.7 Å². The first-order chi connectivity index (χ1) is 14.9. The molecule has 2 heterocycles. The molecule has 0 aliphatic rings. The van der Waals surface area contributed by atoms with Crippen LogP contribution in [0.1, 0.15) is 27.9 Å². The van der Waals surface area contributed by atoms with Crippen molar-refractivity contribution >= 4 is 67.0 Å². The summed E-state index contributed by atoms with van der Waals surface area (Å²) in [6.45, 7) is 3.99. The van der Waals surface area contributed by atoms with Gasteiger partial charge in [-0.2, -0.15) is 0 Å². The number of benzene rings is 2. The van der Waals surface area contributed by atoms with Crippen molar-refractivity contribution in [2.45, 2.75) is 20.3 Å². The molecule has 0 saturated heterocycles. The Bertz CT molecular complexity index is 1310. The highest BCUT2D eigenvalue weighted by molar-refractivity contribution is 7.21. The fourth-order valence-electron chi connectivity index (χ4n) is 3.23. The van der Waals surface area contributed by atoms with Gasteiger partial charge in [-0.15, -0.1) is 11.3 Å². The van der Waals surface area contributed by atoms with Gasteiger partial charge in [0.15, 0.2) is 11.1 Å². The summed E-state index contributed by atoms with van der Waals surface area (Å²) < 4.78 is 1.01. The molecule has 6 nitrogen and oxygen atoms in total. The molecule has 4 aromatic rings. The first kappa shape index (κ1) is 21.3. The zero-order chi connectivity index (χ0) is 22.1. The molecular formula is C22H20ClN5OS2. The Kier molecular flexibility index (Phi) is 5.95. The standard InChI is InChI=1S/C22H20ClN5OS2/c1-3-12-7-8-15-16(9-12)30-19(17(15)23)20(29)27-14-6-4-5-13(10-14)18-11(2)26-22(31-18)28-21(24)25/h4-10H,3H2,1-2H3,(H,27,29)(H4,24,25,26,28). The molecule has 0 atom stereocenters. The predicted octanol–water partition coefficient (Wildman–Crippen LogP) is 6.11. The minimum absolute atomic E-state index is 0.160. The third-order valence-electron chi connectivity index (χ3n) is 4.73. The number of fused-ring (bicyclic) bond motifs is 1. The van der Waals surface area contributed by atoms with E-state index in [2.05, 4.69) is 28.6 Å². The van der Waals surface area contributed by atoms with Crippen LogP contribution in [0.15, 0.2) is 42.5 Å². The second-order valence-corrected chi connectivity index (χ2v) is 9.37. The molecule has 2 aromatic heterocycles. The molecule has 2 aromatic carbocycles. The Labute approximate surface area is 192 Å². The lowest BCUT2D eigenvalue weighted by molar-refractivity contribution is 0.103. The Morgan fingerprint density at radius 2 is 2.00 bits per heavy atom. The molecule has 158 valence electrons. The highest BCUT2D eigenvalue weighted by atomic mass is 35.5. The molecule has 0 radical (unpaired) electrons. The molecule has 0 aliphatic heterocycles. The molecule has 0 aliphatic carbocycles. The summed E-state index contributed by atoms with van der Waals surface area (Å²) >= 11 is 9.31. The molecule has 5 N–H and O–H groups in total. The van der Waals surface area contributed by atoms with E-state index in [0.717, 1.165) is 32.6 Å². The van der Waals surface area contributed by atoms with E-state index in [4.69, 9.17) is 22.7 Å². The van der Waals surface area contributed by atoms with Gasteiger partial charge in [0.25, 0.3) is 5.91 Å². The van der Waals surface area contributed by atoms with Gasteiger partial charge < -0.3 is 16.4 Å². The normalized spacial score (nSPS) is 10.9. The molecule has 0 spiro atoms. The number of carbonyl (C=O) groups is 1. The number of nitrogens with one attached hydrogen (secondary N) is 3. The zero-order valence-electron chi connectivity index (χ0n) is 16.9. The number of thiazole rings is 1. The highest BCUT2D eigenvalue weighted by Gasteiger charge is 2.18. The lowest BCUT2D eigenvalue weighted by Gasteiger charge is -2.06. The number of guanidine groups is 1. The third kappa shape index (κ3) is 4.41. The fourth-order valence-corrected chi connectivity index (χ4v) is 5.69. The number of hydrogen-bond donors (Lipinski definition) is 4. The second-order valence-electron chi connectivity index (χ2n) is 6.94. The molecule has 0 bridgehead atoms. The monoisotopic (exact) mass is 469 g/mol. The van der Waals surface area contributed by atoms with Crippen LogP contribution in [0.2, 0.25) is 5.02 Å². The van der Waals surface area contributed by atoms with Gasteiger partial charge in [0.2, 0.25) is 0 Å². The third-order valence-corrected chi connectivity index (χ3v) is 7.51. The number of anilines is 2. The Balaban J connectivity index is 1.60. The van der Waals surface area contributed by atoms with Crippen molar-refractivity contribution in [1.29, 1.82) is 5.41 Å². The van der Waals surface area contributed by atoms with E-state index < -0.39 is 0 Å². The van der Waals surface area contributed by atoms with Gasteiger partial charge in [-0.25, -0.2) is 4.98 Å². The summed E-state index contributed by atoms with van der Waals surface area (Å²) in [7, 11) is 0. The fraction of sp³-hybridized carbons (Fsp3) is 0.136. The number of nitrogens with two attached hydrogens (primary N) is 1. The maximum Gasteiger partial charge on any atom is 0.267 e. The van der Waals surface area contributed by atoms with Crippen LogP contribution in [0.4, 0.5) is 10.8 Å². The average Bonchev–Trinajstić information content (AvgIpc) is 3.26. The van der Waals surface area contributed by atoms with Crippen LogP contribution in [0.25, 0.3) is 20.5 Å². The first-order valence-corrected chi connectivity index (χ1v) is 11.6. The van der Waals surface area contributed by atoms with Crippen LogP contribution >= 0.6 is 34.3 Å². The molecule has 4 rings (SSSR count). The quantitative estimate of drug-likeness (QED) is 0.209. The number of amides is 1. The van der Waals surface area contributed by atoms with E-state index in [1.807, 2.05) is 43.3 Å². The van der Waals surface area contributed by atoms with Crippen LogP contribution in [-0.2, 0) is 6.42 Å². The number of carbonyl (C=O) groups excluding carboxylic acids is 1. The van der Waals surface area contributed by atoms with Crippen molar-refractivity contribution in [2.75, 3.05) is 10.6 Å². The summed E-state index contributed by atoms with van der Waals surface area (Å²) in [4.78, 5) is 18.8. The number of nitrogens with zero attached hydrogens (tertiary/aromatic N) is 1. The number of halogens is 1. The van der Waals surface area contributed by atoms with Crippen LogP contribution in [0.3, 0.4) is 0 Å². The van der Waals surface area contributed by atoms with E-state index in [-0.39, 0.29) is 11.9 Å². The predicted molar refractivity (Wildman–Crippen MR) is 132 cm³/mol. The lowest BCUT2D eigenvalue weighted by atomic mass is 10.1. The molecule has 31 heavy (non-hydrogen) atoms. The van der Waals surface area contributed by atoms with Crippen molar-refractivity contribution in [3.05, 3.63) is 63.6 Å². The topological polar surface area (TPSA) is 104 Å². The maximum atomic E-state index is 13.0. The van der Waals surface area contributed by atoms with E-state index in [1.165, 1.54) is 28.2 Å². The smallest absolute Gasteiger partial charge is 0.267 e. The summed E-state index contributed by atoms with van der Waals surface area (Å²) in [6.07, 6.45) is 0.931. The van der Waals surface area contributed by atoms with E-state index in [9.17, 15) is 4.79 Å². The van der Waals surface area contributed by atoms with Gasteiger partial charge in [0, 0.05) is 15.8 Å². The van der Waals surface area contributed by atoms with Crippen LogP contribution < -0.4 is 16.4 Å². The van der Waals surface area contributed by atoms with E-state index in [1.54, 1.807) is 0 Å². The maximum absolute atomic E-state index is 13.0. The first-order valence-electron chi connectivity index (χ1n) is 9.57. The van der Waals surface area contributed by atoms with Crippen LogP contribution in [0, 0.1) is 12.3 Å². The van der Waals surface area contributed by atoms with Gasteiger partial charge >= 0.3 is 0 Å². The highest BCUT2D eigenvalue weighted by Crippen LogP contribution is 2.37. The molecule has 0 fully saturated rings. The molecular weight excluding hydrogens is 450 g/mol. The number of thiophene rings is 1. The minimum Gasteiger partial charge on any atom is -0.370 e. The Morgan fingerprint density at radius 3 is 2.74 bits per heavy atom.